The van der Waals surface area contributed by atoms with Crippen LogP contribution in [0.5, 0.6) is 0 Å². The molecule has 1 saturated carbocycles. The quantitative estimate of drug-likeness (QED) is 0.573. The van der Waals surface area contributed by atoms with Crippen LogP contribution in [0.15, 0.2) is 54.6 Å². The molecule has 3 aliphatic rings. The number of hydrogen-bond acceptors (Lipinski definition) is 2. The summed E-state index contributed by atoms with van der Waals surface area (Å²) >= 11 is 6.08. The lowest BCUT2D eigenvalue weighted by Gasteiger charge is -2.39. The number of likely N-dealkylation sites (tertiary alicyclic amines) is 1. The molecule has 0 radical (unpaired) electrons. The third-order valence-corrected chi connectivity index (χ3v) is 8.30. The fourth-order valence-electron chi connectivity index (χ4n) is 6.11. The Morgan fingerprint density at radius 3 is 2.44 bits per heavy atom. The van der Waals surface area contributed by atoms with Crippen LogP contribution in [-0.4, -0.2) is 37.0 Å². The minimum Gasteiger partial charge on any atom is -0.355 e. The average Bonchev–Trinajstić information content (AvgIpc) is 3.46. The van der Waals surface area contributed by atoms with Gasteiger partial charge in [-0.15, -0.1) is 0 Å². The number of halogens is 1. The second-order valence-corrected chi connectivity index (χ2v) is 10.3. The van der Waals surface area contributed by atoms with Gasteiger partial charge in [-0.25, -0.2) is 0 Å². The van der Waals surface area contributed by atoms with Crippen molar-refractivity contribution >= 4 is 23.6 Å². The van der Waals surface area contributed by atoms with Crippen molar-refractivity contribution in [3.63, 3.8) is 0 Å². The number of fused-ring (bicyclic) bond motifs is 2. The first kappa shape index (κ1) is 21.7. The molecule has 0 bridgehead atoms. The van der Waals surface area contributed by atoms with E-state index in [1.165, 1.54) is 24.0 Å². The van der Waals surface area contributed by atoms with Gasteiger partial charge in [0.25, 0.3) is 0 Å². The molecular weight excluding hydrogens is 416 g/mol. The third kappa shape index (κ3) is 4.02. The number of carbonyl (C=O) groups excluding carboxylic acids is 1. The van der Waals surface area contributed by atoms with Gasteiger partial charge >= 0.3 is 0 Å². The molecule has 1 heterocycles. The summed E-state index contributed by atoms with van der Waals surface area (Å²) in [6, 6.07) is 16.7. The van der Waals surface area contributed by atoms with E-state index >= 15 is 0 Å². The summed E-state index contributed by atoms with van der Waals surface area (Å²) in [5, 5.41) is 3.99. The Morgan fingerprint density at radius 1 is 0.969 bits per heavy atom. The smallest absolute Gasteiger partial charge is 0.230 e. The predicted octanol–water partition coefficient (Wildman–Crippen LogP) is 5.72. The summed E-state index contributed by atoms with van der Waals surface area (Å²) in [6.07, 6.45) is 12.2. The molecule has 0 aromatic heterocycles. The molecule has 2 aliphatic carbocycles. The van der Waals surface area contributed by atoms with E-state index in [1.807, 2.05) is 24.3 Å². The number of rotatable bonds is 6. The van der Waals surface area contributed by atoms with Gasteiger partial charge in [0.1, 0.15) is 0 Å². The summed E-state index contributed by atoms with van der Waals surface area (Å²) in [4.78, 5) is 15.8. The number of nitrogens with zero attached hydrogens (tertiary/aromatic N) is 1. The normalized spacial score (nSPS) is 21.0. The van der Waals surface area contributed by atoms with E-state index in [4.69, 9.17) is 11.6 Å². The molecule has 1 amide bonds. The van der Waals surface area contributed by atoms with Crippen LogP contribution < -0.4 is 5.32 Å². The standard InChI is InChI=1S/C28H33ClN2O/c29-24-10-8-23(9-11-24)28(13-3-4-14-28)26(32)30-18-5-19-31-20-16-27(17-21-31)15-12-22-6-1-2-7-25(22)27/h1-2,6-12,15H,3-5,13-14,16-21H2,(H,30,32). The maximum absolute atomic E-state index is 13.2. The molecule has 168 valence electrons. The van der Waals surface area contributed by atoms with Crippen LogP contribution in [0.25, 0.3) is 6.08 Å². The first-order valence-corrected chi connectivity index (χ1v) is 12.5. The minimum atomic E-state index is -0.371. The molecule has 32 heavy (non-hydrogen) atoms. The van der Waals surface area contributed by atoms with Gasteiger partial charge in [-0.3, -0.25) is 4.79 Å². The SMILES string of the molecule is O=C(NCCCN1CCC2(C=Cc3ccccc32)CC1)C1(c2ccc(Cl)cc2)CCCC1. The Hall–Kier alpha value is -2.10. The zero-order valence-corrected chi connectivity index (χ0v) is 19.5. The lowest BCUT2D eigenvalue weighted by molar-refractivity contribution is -0.126. The molecule has 4 heteroatoms. The van der Waals surface area contributed by atoms with E-state index in [9.17, 15) is 4.79 Å². The molecule has 2 fully saturated rings. The molecule has 1 aliphatic heterocycles. The van der Waals surface area contributed by atoms with Crippen LogP contribution in [0.3, 0.4) is 0 Å². The molecule has 5 rings (SSSR count). The van der Waals surface area contributed by atoms with Crippen LogP contribution in [0.2, 0.25) is 5.02 Å². The fraction of sp³-hybridized carbons (Fsp3) is 0.464. The number of nitrogens with one attached hydrogen (secondary N) is 1. The Kier molecular flexibility index (Phi) is 6.14. The summed E-state index contributed by atoms with van der Waals surface area (Å²) in [6.45, 7) is 4.05. The van der Waals surface area contributed by atoms with Crippen LogP contribution in [0, 0.1) is 0 Å². The van der Waals surface area contributed by atoms with Gasteiger partial charge in [0.05, 0.1) is 5.41 Å². The van der Waals surface area contributed by atoms with Crippen molar-refractivity contribution in [2.75, 3.05) is 26.2 Å². The van der Waals surface area contributed by atoms with Crippen LogP contribution in [0.1, 0.15) is 61.6 Å². The fourth-order valence-corrected chi connectivity index (χ4v) is 6.24. The Bertz CT molecular complexity index is 983. The summed E-state index contributed by atoms with van der Waals surface area (Å²) in [7, 11) is 0. The molecule has 2 aromatic carbocycles. The van der Waals surface area contributed by atoms with E-state index in [-0.39, 0.29) is 16.7 Å². The first-order valence-electron chi connectivity index (χ1n) is 12.2. The van der Waals surface area contributed by atoms with Gasteiger partial charge in [-0.2, -0.15) is 0 Å². The highest BCUT2D eigenvalue weighted by Crippen LogP contribution is 2.44. The number of hydrogen-bond donors (Lipinski definition) is 1. The Balaban J connectivity index is 1.11. The van der Waals surface area contributed by atoms with Gasteiger partial charge < -0.3 is 10.2 Å². The van der Waals surface area contributed by atoms with Gasteiger partial charge in [0.2, 0.25) is 5.91 Å². The van der Waals surface area contributed by atoms with E-state index in [1.54, 1.807) is 0 Å². The van der Waals surface area contributed by atoms with Gasteiger partial charge in [0, 0.05) is 17.0 Å². The van der Waals surface area contributed by atoms with Crippen LogP contribution in [0.4, 0.5) is 0 Å². The van der Waals surface area contributed by atoms with Crippen LogP contribution >= 0.6 is 11.6 Å². The lowest BCUT2D eigenvalue weighted by Crippen LogP contribution is -2.44. The lowest BCUT2D eigenvalue weighted by atomic mass is 9.74. The molecule has 1 N–H and O–H groups in total. The zero-order valence-electron chi connectivity index (χ0n) is 18.8. The maximum atomic E-state index is 13.2. The molecule has 0 atom stereocenters. The second-order valence-electron chi connectivity index (χ2n) is 9.82. The highest BCUT2D eigenvalue weighted by molar-refractivity contribution is 6.30. The zero-order chi connectivity index (χ0) is 22.0. The molecule has 0 unspecified atom stereocenters. The van der Waals surface area contributed by atoms with Gasteiger partial charge in [-0.1, -0.05) is 73.0 Å². The topological polar surface area (TPSA) is 32.3 Å². The number of amides is 1. The number of piperidine rings is 1. The third-order valence-electron chi connectivity index (χ3n) is 8.05. The van der Waals surface area contributed by atoms with E-state index in [2.05, 4.69) is 46.6 Å². The van der Waals surface area contributed by atoms with Crippen LogP contribution in [-0.2, 0) is 15.6 Å². The van der Waals surface area contributed by atoms with Crippen molar-refractivity contribution in [3.8, 4) is 0 Å². The van der Waals surface area contributed by atoms with Gasteiger partial charge in [-0.05, 0) is 80.6 Å². The number of allylic oxidation sites excluding steroid dienone is 1. The predicted molar refractivity (Wildman–Crippen MR) is 132 cm³/mol. The van der Waals surface area contributed by atoms with Crippen molar-refractivity contribution < 1.29 is 4.79 Å². The van der Waals surface area contributed by atoms with Crippen molar-refractivity contribution in [1.29, 1.82) is 0 Å². The highest BCUT2D eigenvalue weighted by atomic mass is 35.5. The van der Waals surface area contributed by atoms with E-state index in [0.29, 0.717) is 0 Å². The molecular formula is C28H33ClN2O. The van der Waals surface area contributed by atoms with Gasteiger partial charge in [0.15, 0.2) is 0 Å². The molecule has 1 spiro atoms. The van der Waals surface area contributed by atoms with E-state index in [0.717, 1.165) is 68.9 Å². The average molecular weight is 449 g/mol. The number of carbonyl (C=O) groups is 1. The van der Waals surface area contributed by atoms with E-state index < -0.39 is 0 Å². The summed E-state index contributed by atoms with van der Waals surface area (Å²) < 4.78 is 0. The second kappa shape index (κ2) is 9.03. The Labute approximate surface area is 196 Å². The molecule has 3 nitrogen and oxygen atoms in total. The number of benzene rings is 2. The highest BCUT2D eigenvalue weighted by Gasteiger charge is 2.42. The van der Waals surface area contributed by atoms with Crippen molar-refractivity contribution in [3.05, 3.63) is 76.3 Å². The molecule has 2 aromatic rings. The summed E-state index contributed by atoms with van der Waals surface area (Å²) in [5.41, 5.74) is 3.89. The maximum Gasteiger partial charge on any atom is 0.230 e. The monoisotopic (exact) mass is 448 g/mol. The van der Waals surface area contributed by atoms with Crippen molar-refractivity contribution in [2.45, 2.75) is 55.8 Å². The minimum absolute atomic E-state index is 0.197. The first-order chi connectivity index (χ1) is 15.6. The van der Waals surface area contributed by atoms with Crippen molar-refractivity contribution in [1.82, 2.24) is 10.2 Å². The summed E-state index contributed by atoms with van der Waals surface area (Å²) in [5.74, 6) is 0.197. The largest absolute Gasteiger partial charge is 0.355 e. The van der Waals surface area contributed by atoms with Crippen molar-refractivity contribution in [2.24, 2.45) is 0 Å². The Morgan fingerprint density at radius 2 is 1.69 bits per heavy atom. The molecule has 1 saturated heterocycles.